The molecule has 0 radical (unpaired) electrons. The Bertz CT molecular complexity index is 799. The van der Waals surface area contributed by atoms with Gasteiger partial charge in [0.05, 0.1) is 17.6 Å². The van der Waals surface area contributed by atoms with Gasteiger partial charge in [-0.2, -0.15) is 0 Å². The zero-order valence-corrected chi connectivity index (χ0v) is 15.3. The second-order valence-electron chi connectivity index (χ2n) is 6.02. The Morgan fingerprint density at radius 1 is 1.16 bits per heavy atom. The summed E-state index contributed by atoms with van der Waals surface area (Å²) in [4.78, 5) is 2.44. The lowest BCUT2D eigenvalue weighted by Gasteiger charge is -2.33. The molecule has 1 aliphatic rings. The van der Waals surface area contributed by atoms with E-state index in [-0.39, 0.29) is 17.5 Å². The maximum Gasteiger partial charge on any atom is 0.240 e. The van der Waals surface area contributed by atoms with Gasteiger partial charge in [0, 0.05) is 31.2 Å². The van der Waals surface area contributed by atoms with Crippen LogP contribution in [0, 0.1) is 0 Å². The molecule has 134 valence electrons. The average molecular weight is 381 g/mol. The largest absolute Gasteiger partial charge is 0.374 e. The zero-order valence-electron chi connectivity index (χ0n) is 13.8. The van der Waals surface area contributed by atoms with E-state index in [4.69, 9.17) is 16.3 Å². The van der Waals surface area contributed by atoms with E-state index in [2.05, 4.69) is 21.8 Å². The monoisotopic (exact) mass is 380 g/mol. The third-order valence-electron chi connectivity index (χ3n) is 4.08. The Labute approximate surface area is 153 Å². The highest BCUT2D eigenvalue weighted by molar-refractivity contribution is 7.89. The van der Waals surface area contributed by atoms with Crippen molar-refractivity contribution in [2.45, 2.75) is 17.5 Å². The van der Waals surface area contributed by atoms with E-state index in [1.54, 1.807) is 12.1 Å². The second kappa shape index (κ2) is 8.29. The summed E-state index contributed by atoms with van der Waals surface area (Å²) in [6.45, 7) is 3.19. The predicted molar refractivity (Wildman–Crippen MR) is 98.1 cm³/mol. The molecule has 1 saturated heterocycles. The minimum absolute atomic E-state index is 0.164. The molecule has 1 N–H and O–H groups in total. The fraction of sp³-hybridized carbons (Fsp3) is 0.333. The van der Waals surface area contributed by atoms with Crippen molar-refractivity contribution in [3.05, 3.63) is 65.2 Å². The molecule has 1 aliphatic heterocycles. The lowest BCUT2D eigenvalue weighted by Crippen LogP contribution is -2.47. The molecule has 1 unspecified atom stereocenters. The van der Waals surface area contributed by atoms with Crippen LogP contribution in [0.2, 0.25) is 5.02 Å². The molecular weight excluding hydrogens is 360 g/mol. The summed E-state index contributed by atoms with van der Waals surface area (Å²) < 4.78 is 33.0. The topological polar surface area (TPSA) is 58.6 Å². The quantitative estimate of drug-likeness (QED) is 0.836. The molecular formula is C18H21ClN2O3S. The predicted octanol–water partition coefficient (Wildman–Crippen LogP) is 2.52. The summed E-state index contributed by atoms with van der Waals surface area (Å²) in [5.74, 6) is 0. The van der Waals surface area contributed by atoms with Gasteiger partial charge < -0.3 is 4.74 Å². The zero-order chi connectivity index (χ0) is 17.7. The van der Waals surface area contributed by atoms with Crippen LogP contribution in [0.5, 0.6) is 0 Å². The first kappa shape index (κ1) is 18.4. The molecule has 0 spiro atoms. The standard InChI is InChI=1S/C18H21ClN2O3S/c19-16-7-4-8-18(11-16)25(22,23)20-12-17-14-21(9-10-24-17)13-15-5-2-1-3-6-15/h1-8,11,17,20H,9-10,12-14H2. The average Bonchev–Trinajstić information content (AvgIpc) is 2.61. The number of nitrogens with zero attached hydrogens (tertiary/aromatic N) is 1. The molecule has 2 aromatic carbocycles. The first-order valence-corrected chi connectivity index (χ1v) is 10.0. The number of morpholine rings is 1. The van der Waals surface area contributed by atoms with E-state index in [1.807, 2.05) is 18.2 Å². The minimum atomic E-state index is -3.59. The highest BCUT2D eigenvalue weighted by Gasteiger charge is 2.23. The summed E-state index contributed by atoms with van der Waals surface area (Å²) in [5.41, 5.74) is 1.24. The Hall–Kier alpha value is -1.44. The van der Waals surface area contributed by atoms with E-state index < -0.39 is 10.0 Å². The molecule has 1 atom stereocenters. The van der Waals surface area contributed by atoms with Gasteiger partial charge in [0.1, 0.15) is 0 Å². The van der Waals surface area contributed by atoms with Crippen LogP contribution in [0.3, 0.4) is 0 Å². The van der Waals surface area contributed by atoms with Gasteiger partial charge in [0.2, 0.25) is 10.0 Å². The Morgan fingerprint density at radius 2 is 1.96 bits per heavy atom. The SMILES string of the molecule is O=S(=O)(NCC1CN(Cc2ccccc2)CCO1)c1cccc(Cl)c1. The maximum absolute atomic E-state index is 12.4. The van der Waals surface area contributed by atoms with Crippen LogP contribution >= 0.6 is 11.6 Å². The molecule has 7 heteroatoms. The molecule has 1 fully saturated rings. The fourth-order valence-electron chi connectivity index (χ4n) is 2.81. The van der Waals surface area contributed by atoms with Gasteiger partial charge in [-0.25, -0.2) is 13.1 Å². The van der Waals surface area contributed by atoms with Gasteiger partial charge in [-0.1, -0.05) is 48.0 Å². The van der Waals surface area contributed by atoms with E-state index in [1.165, 1.54) is 17.7 Å². The molecule has 2 aromatic rings. The van der Waals surface area contributed by atoms with Crippen molar-refractivity contribution >= 4 is 21.6 Å². The van der Waals surface area contributed by atoms with Gasteiger partial charge in [-0.05, 0) is 23.8 Å². The van der Waals surface area contributed by atoms with Gasteiger partial charge in [-0.15, -0.1) is 0 Å². The van der Waals surface area contributed by atoms with Gasteiger partial charge in [-0.3, -0.25) is 4.90 Å². The van der Waals surface area contributed by atoms with Gasteiger partial charge >= 0.3 is 0 Å². The molecule has 0 aliphatic carbocycles. The van der Waals surface area contributed by atoms with Crippen molar-refractivity contribution in [1.29, 1.82) is 0 Å². The van der Waals surface area contributed by atoms with Crippen molar-refractivity contribution in [2.24, 2.45) is 0 Å². The van der Waals surface area contributed by atoms with Crippen LogP contribution in [0.15, 0.2) is 59.5 Å². The smallest absolute Gasteiger partial charge is 0.240 e. The van der Waals surface area contributed by atoms with Crippen LogP contribution in [0.25, 0.3) is 0 Å². The number of hydrogen-bond donors (Lipinski definition) is 1. The van der Waals surface area contributed by atoms with E-state index in [0.717, 1.165) is 13.1 Å². The first-order chi connectivity index (χ1) is 12.0. The highest BCUT2D eigenvalue weighted by Crippen LogP contribution is 2.16. The maximum atomic E-state index is 12.4. The number of benzene rings is 2. The van der Waals surface area contributed by atoms with E-state index in [9.17, 15) is 8.42 Å². The van der Waals surface area contributed by atoms with Crippen LogP contribution in [-0.2, 0) is 21.3 Å². The third kappa shape index (κ3) is 5.26. The lowest BCUT2D eigenvalue weighted by atomic mass is 10.2. The normalized spacial score (nSPS) is 19.0. The van der Waals surface area contributed by atoms with Crippen LogP contribution in [0.1, 0.15) is 5.56 Å². The van der Waals surface area contributed by atoms with E-state index >= 15 is 0 Å². The number of hydrogen-bond acceptors (Lipinski definition) is 4. The number of halogens is 1. The van der Waals surface area contributed by atoms with Crippen LogP contribution in [0.4, 0.5) is 0 Å². The summed E-state index contributed by atoms with van der Waals surface area (Å²) >= 11 is 5.87. The molecule has 0 amide bonds. The molecule has 3 rings (SSSR count). The minimum Gasteiger partial charge on any atom is -0.374 e. The summed E-state index contributed by atoms with van der Waals surface area (Å²) in [5, 5.41) is 0.394. The molecule has 0 saturated carbocycles. The number of nitrogens with one attached hydrogen (secondary N) is 1. The Balaban J connectivity index is 1.56. The molecule has 0 bridgehead atoms. The summed E-state index contributed by atoms with van der Waals surface area (Å²) in [7, 11) is -3.59. The number of ether oxygens (including phenoxy) is 1. The van der Waals surface area contributed by atoms with Gasteiger partial charge in [0.25, 0.3) is 0 Å². The first-order valence-electron chi connectivity index (χ1n) is 8.16. The van der Waals surface area contributed by atoms with Crippen molar-refractivity contribution in [1.82, 2.24) is 9.62 Å². The fourth-order valence-corrected chi connectivity index (χ4v) is 4.18. The van der Waals surface area contributed by atoms with Crippen molar-refractivity contribution in [3.63, 3.8) is 0 Å². The molecule has 25 heavy (non-hydrogen) atoms. The molecule has 0 aromatic heterocycles. The van der Waals surface area contributed by atoms with Crippen molar-refractivity contribution in [3.8, 4) is 0 Å². The summed E-state index contributed by atoms with van der Waals surface area (Å²) in [6.07, 6.45) is -0.175. The van der Waals surface area contributed by atoms with Crippen molar-refractivity contribution < 1.29 is 13.2 Å². The lowest BCUT2D eigenvalue weighted by molar-refractivity contribution is -0.0276. The van der Waals surface area contributed by atoms with Gasteiger partial charge in [0.15, 0.2) is 0 Å². The Morgan fingerprint density at radius 3 is 2.72 bits per heavy atom. The van der Waals surface area contributed by atoms with E-state index in [0.29, 0.717) is 18.2 Å². The van der Waals surface area contributed by atoms with Crippen LogP contribution < -0.4 is 4.72 Å². The Kier molecular flexibility index (Phi) is 6.09. The second-order valence-corrected chi connectivity index (χ2v) is 8.23. The molecule has 1 heterocycles. The number of sulfonamides is 1. The highest BCUT2D eigenvalue weighted by atomic mass is 35.5. The van der Waals surface area contributed by atoms with Crippen LogP contribution in [-0.4, -0.2) is 45.7 Å². The summed E-state index contributed by atoms with van der Waals surface area (Å²) in [6, 6.07) is 16.4. The third-order valence-corrected chi connectivity index (χ3v) is 5.74. The van der Waals surface area contributed by atoms with Crippen molar-refractivity contribution in [2.75, 3.05) is 26.2 Å². The number of rotatable bonds is 6. The molecule has 5 nitrogen and oxygen atoms in total.